The molecule has 84 valence electrons. The van der Waals surface area contributed by atoms with Crippen molar-refractivity contribution in [2.45, 2.75) is 52.0 Å². The van der Waals surface area contributed by atoms with Crippen molar-refractivity contribution >= 4 is 11.8 Å². The first-order valence-corrected chi connectivity index (χ1v) is 7.21. The molecule has 0 aromatic carbocycles. The summed E-state index contributed by atoms with van der Waals surface area (Å²) in [5, 5.41) is 0. The minimum absolute atomic E-state index is 0.457. The van der Waals surface area contributed by atoms with Crippen LogP contribution >= 0.6 is 11.8 Å². The van der Waals surface area contributed by atoms with E-state index in [9.17, 15) is 0 Å². The molecular formula is C12H25NS. The summed E-state index contributed by atoms with van der Waals surface area (Å²) in [6.45, 7) is 4.57. The van der Waals surface area contributed by atoms with E-state index in [2.05, 4.69) is 25.6 Å². The van der Waals surface area contributed by atoms with Crippen molar-refractivity contribution in [2.75, 3.05) is 11.5 Å². The molecular weight excluding hydrogens is 190 g/mol. The van der Waals surface area contributed by atoms with Crippen LogP contribution in [0.15, 0.2) is 0 Å². The standard InChI is InChI=1S/C12H25NS/c1-3-10(2)8-12(13)9-11-4-6-14-7-5-11/h10-12H,3-9,13H2,1-2H3. The summed E-state index contributed by atoms with van der Waals surface area (Å²) in [5.74, 6) is 4.46. The Kier molecular flexibility index (Phi) is 5.95. The van der Waals surface area contributed by atoms with Gasteiger partial charge in [-0.3, -0.25) is 0 Å². The molecule has 0 radical (unpaired) electrons. The van der Waals surface area contributed by atoms with Crippen molar-refractivity contribution in [3.05, 3.63) is 0 Å². The number of hydrogen-bond donors (Lipinski definition) is 1. The molecule has 14 heavy (non-hydrogen) atoms. The van der Waals surface area contributed by atoms with Gasteiger partial charge in [0.15, 0.2) is 0 Å². The summed E-state index contributed by atoms with van der Waals surface area (Å²) in [5.41, 5.74) is 6.17. The van der Waals surface area contributed by atoms with Gasteiger partial charge >= 0.3 is 0 Å². The molecule has 1 heterocycles. The van der Waals surface area contributed by atoms with E-state index in [1.807, 2.05) is 0 Å². The lowest BCUT2D eigenvalue weighted by Gasteiger charge is -2.25. The Morgan fingerprint density at radius 1 is 1.36 bits per heavy atom. The molecule has 1 saturated heterocycles. The van der Waals surface area contributed by atoms with Crippen molar-refractivity contribution in [3.63, 3.8) is 0 Å². The van der Waals surface area contributed by atoms with E-state index in [-0.39, 0.29) is 0 Å². The van der Waals surface area contributed by atoms with Crippen LogP contribution in [0.25, 0.3) is 0 Å². The highest BCUT2D eigenvalue weighted by molar-refractivity contribution is 7.99. The number of nitrogens with two attached hydrogens (primary N) is 1. The van der Waals surface area contributed by atoms with Crippen LogP contribution < -0.4 is 5.73 Å². The van der Waals surface area contributed by atoms with Crippen LogP contribution in [0.5, 0.6) is 0 Å². The summed E-state index contributed by atoms with van der Waals surface area (Å²) < 4.78 is 0. The number of rotatable bonds is 5. The lowest BCUT2D eigenvalue weighted by Crippen LogP contribution is -2.27. The Hall–Kier alpha value is 0.310. The third-order valence-corrected chi connectivity index (χ3v) is 4.43. The second kappa shape index (κ2) is 6.73. The number of thioether (sulfide) groups is 1. The molecule has 0 saturated carbocycles. The van der Waals surface area contributed by atoms with Crippen LogP contribution in [0.3, 0.4) is 0 Å². The zero-order chi connectivity index (χ0) is 10.4. The van der Waals surface area contributed by atoms with Crippen molar-refractivity contribution in [3.8, 4) is 0 Å². The van der Waals surface area contributed by atoms with Crippen LogP contribution in [0.1, 0.15) is 46.0 Å². The van der Waals surface area contributed by atoms with Gasteiger partial charge in [0.05, 0.1) is 0 Å². The highest BCUT2D eigenvalue weighted by atomic mass is 32.2. The van der Waals surface area contributed by atoms with E-state index in [1.54, 1.807) is 0 Å². The molecule has 2 unspecified atom stereocenters. The van der Waals surface area contributed by atoms with Crippen LogP contribution in [0, 0.1) is 11.8 Å². The second-order valence-corrected chi connectivity index (χ2v) is 6.03. The van der Waals surface area contributed by atoms with Crippen LogP contribution in [0.2, 0.25) is 0 Å². The van der Waals surface area contributed by atoms with Crippen LogP contribution in [-0.2, 0) is 0 Å². The molecule has 1 fully saturated rings. The average molecular weight is 215 g/mol. The highest BCUT2D eigenvalue weighted by Gasteiger charge is 2.17. The molecule has 0 bridgehead atoms. The van der Waals surface area contributed by atoms with E-state index in [0.29, 0.717) is 6.04 Å². The maximum Gasteiger partial charge on any atom is 0.00440 e. The van der Waals surface area contributed by atoms with Crippen LogP contribution in [-0.4, -0.2) is 17.5 Å². The second-order valence-electron chi connectivity index (χ2n) is 4.80. The van der Waals surface area contributed by atoms with Crippen molar-refractivity contribution < 1.29 is 0 Å². The number of hydrogen-bond acceptors (Lipinski definition) is 2. The summed E-state index contributed by atoms with van der Waals surface area (Å²) in [4.78, 5) is 0. The van der Waals surface area contributed by atoms with Crippen LogP contribution in [0.4, 0.5) is 0 Å². The fourth-order valence-electron chi connectivity index (χ4n) is 2.19. The molecule has 1 aliphatic rings. The maximum atomic E-state index is 6.17. The molecule has 1 rings (SSSR count). The Bertz CT molecular complexity index is 143. The quantitative estimate of drug-likeness (QED) is 0.761. The zero-order valence-electron chi connectivity index (χ0n) is 9.67. The van der Waals surface area contributed by atoms with Gasteiger partial charge in [-0.1, -0.05) is 20.3 Å². The Balaban J connectivity index is 2.14. The maximum absolute atomic E-state index is 6.17. The molecule has 2 heteroatoms. The molecule has 0 aromatic rings. The van der Waals surface area contributed by atoms with Gasteiger partial charge in [0, 0.05) is 6.04 Å². The minimum atomic E-state index is 0.457. The van der Waals surface area contributed by atoms with Crippen molar-refractivity contribution in [1.82, 2.24) is 0 Å². The first-order valence-electron chi connectivity index (χ1n) is 6.05. The molecule has 0 amide bonds. The van der Waals surface area contributed by atoms with Gasteiger partial charge in [-0.05, 0) is 49.0 Å². The SMILES string of the molecule is CCC(C)CC(N)CC1CCSCC1. The zero-order valence-corrected chi connectivity index (χ0v) is 10.5. The third-order valence-electron chi connectivity index (χ3n) is 3.38. The van der Waals surface area contributed by atoms with Gasteiger partial charge < -0.3 is 5.73 Å². The first kappa shape index (κ1) is 12.4. The molecule has 0 aliphatic carbocycles. The van der Waals surface area contributed by atoms with Gasteiger partial charge in [0.1, 0.15) is 0 Å². The van der Waals surface area contributed by atoms with Gasteiger partial charge in [0.25, 0.3) is 0 Å². The molecule has 2 atom stereocenters. The fraction of sp³-hybridized carbons (Fsp3) is 1.00. The normalized spacial score (nSPS) is 23.4. The summed E-state index contributed by atoms with van der Waals surface area (Å²) in [6.07, 6.45) is 6.57. The van der Waals surface area contributed by atoms with Crippen molar-refractivity contribution in [1.29, 1.82) is 0 Å². The molecule has 1 aliphatic heterocycles. The third kappa shape index (κ3) is 4.70. The minimum Gasteiger partial charge on any atom is -0.328 e. The highest BCUT2D eigenvalue weighted by Crippen LogP contribution is 2.27. The van der Waals surface area contributed by atoms with E-state index in [1.165, 1.54) is 43.6 Å². The predicted molar refractivity (Wildman–Crippen MR) is 66.7 cm³/mol. The van der Waals surface area contributed by atoms with Gasteiger partial charge in [-0.2, -0.15) is 11.8 Å². The Morgan fingerprint density at radius 2 is 2.00 bits per heavy atom. The topological polar surface area (TPSA) is 26.0 Å². The van der Waals surface area contributed by atoms with E-state index in [4.69, 9.17) is 5.73 Å². The van der Waals surface area contributed by atoms with E-state index < -0.39 is 0 Å². The lowest BCUT2D eigenvalue weighted by molar-refractivity contribution is 0.358. The summed E-state index contributed by atoms with van der Waals surface area (Å²) in [7, 11) is 0. The lowest BCUT2D eigenvalue weighted by atomic mass is 9.89. The Labute approximate surface area is 93.2 Å². The summed E-state index contributed by atoms with van der Waals surface area (Å²) in [6, 6.07) is 0.457. The molecule has 2 N–H and O–H groups in total. The van der Waals surface area contributed by atoms with Gasteiger partial charge in [-0.25, -0.2) is 0 Å². The van der Waals surface area contributed by atoms with E-state index >= 15 is 0 Å². The molecule has 0 aromatic heterocycles. The summed E-state index contributed by atoms with van der Waals surface area (Å²) >= 11 is 2.10. The smallest absolute Gasteiger partial charge is 0.00440 e. The first-order chi connectivity index (χ1) is 6.72. The largest absolute Gasteiger partial charge is 0.328 e. The molecule has 1 nitrogen and oxygen atoms in total. The van der Waals surface area contributed by atoms with Gasteiger partial charge in [-0.15, -0.1) is 0 Å². The fourth-order valence-corrected chi connectivity index (χ4v) is 3.39. The monoisotopic (exact) mass is 215 g/mol. The predicted octanol–water partition coefficient (Wildman–Crippen LogP) is 3.28. The van der Waals surface area contributed by atoms with Gasteiger partial charge in [0.2, 0.25) is 0 Å². The Morgan fingerprint density at radius 3 is 2.57 bits per heavy atom. The van der Waals surface area contributed by atoms with Crippen molar-refractivity contribution in [2.24, 2.45) is 17.6 Å². The molecule has 0 spiro atoms. The van der Waals surface area contributed by atoms with E-state index in [0.717, 1.165) is 11.8 Å². The average Bonchev–Trinajstić information content (AvgIpc) is 2.19.